The number of halogens is 1. The van der Waals surface area contributed by atoms with E-state index in [1.807, 2.05) is 6.07 Å². The zero-order chi connectivity index (χ0) is 10.6. The highest BCUT2D eigenvalue weighted by Crippen LogP contribution is 2.21. The number of hydrogen-bond donors (Lipinski definition) is 2. The second-order valence-corrected chi connectivity index (χ2v) is 3.43. The van der Waals surface area contributed by atoms with Gasteiger partial charge in [0, 0.05) is 12.6 Å². The number of hydrogen-bond acceptors (Lipinski definition) is 2. The number of rotatable bonds is 4. The third kappa shape index (κ3) is 2.53. The first-order valence-electron chi connectivity index (χ1n) is 4.78. The van der Waals surface area contributed by atoms with Crippen LogP contribution in [0.2, 0.25) is 0 Å². The highest BCUT2D eigenvalue weighted by Gasteiger charge is 2.10. The van der Waals surface area contributed by atoms with Crippen molar-refractivity contribution < 1.29 is 9.50 Å². The van der Waals surface area contributed by atoms with Gasteiger partial charge in [0.05, 0.1) is 0 Å². The summed E-state index contributed by atoms with van der Waals surface area (Å²) in [5, 5.41) is 8.66. The molecule has 3 N–H and O–H groups in total. The molecule has 14 heavy (non-hydrogen) atoms. The van der Waals surface area contributed by atoms with Gasteiger partial charge in [0.25, 0.3) is 0 Å². The second-order valence-electron chi connectivity index (χ2n) is 3.43. The maximum absolute atomic E-state index is 13.2. The fourth-order valence-corrected chi connectivity index (χ4v) is 1.49. The summed E-state index contributed by atoms with van der Waals surface area (Å²) in [6.45, 7) is 1.85. The third-order valence-corrected chi connectivity index (χ3v) is 2.38. The van der Waals surface area contributed by atoms with E-state index >= 15 is 0 Å². The highest BCUT2D eigenvalue weighted by molar-refractivity contribution is 5.29. The van der Waals surface area contributed by atoms with Gasteiger partial charge in [-0.05, 0) is 37.0 Å². The Bertz CT molecular complexity index is 301. The quantitative estimate of drug-likeness (QED) is 0.774. The minimum Gasteiger partial charge on any atom is -0.396 e. The molecule has 1 aromatic carbocycles. The van der Waals surface area contributed by atoms with E-state index in [0.29, 0.717) is 18.4 Å². The molecule has 0 aliphatic carbocycles. The summed E-state index contributed by atoms with van der Waals surface area (Å²) < 4.78 is 13.2. The Morgan fingerprint density at radius 3 is 2.86 bits per heavy atom. The predicted octanol–water partition coefficient (Wildman–Crippen LogP) is 1.91. The van der Waals surface area contributed by atoms with Gasteiger partial charge in [-0.1, -0.05) is 12.1 Å². The molecule has 2 nitrogen and oxygen atoms in total. The largest absolute Gasteiger partial charge is 0.396 e. The Labute approximate surface area is 83.6 Å². The number of aliphatic hydroxyl groups excluding tert-OH is 1. The summed E-state index contributed by atoms with van der Waals surface area (Å²) in [7, 11) is 0. The summed E-state index contributed by atoms with van der Waals surface area (Å²) in [5.41, 5.74) is 7.31. The van der Waals surface area contributed by atoms with Crippen molar-refractivity contribution in [1.29, 1.82) is 0 Å². The van der Waals surface area contributed by atoms with Crippen molar-refractivity contribution in [2.75, 3.05) is 6.61 Å². The fourth-order valence-electron chi connectivity index (χ4n) is 1.49. The van der Waals surface area contributed by atoms with Crippen LogP contribution >= 0.6 is 0 Å². The van der Waals surface area contributed by atoms with Crippen LogP contribution in [-0.2, 0) is 0 Å². The van der Waals surface area contributed by atoms with Crippen LogP contribution in [0.5, 0.6) is 0 Å². The van der Waals surface area contributed by atoms with Gasteiger partial charge in [0.2, 0.25) is 0 Å². The van der Waals surface area contributed by atoms with Gasteiger partial charge in [0.15, 0.2) is 0 Å². The first-order chi connectivity index (χ1) is 6.66. The van der Waals surface area contributed by atoms with Crippen LogP contribution in [0.3, 0.4) is 0 Å². The lowest BCUT2D eigenvalue weighted by atomic mass is 9.98. The molecule has 1 rings (SSSR count). The van der Waals surface area contributed by atoms with Crippen molar-refractivity contribution in [1.82, 2.24) is 0 Å². The molecule has 1 atom stereocenters. The lowest BCUT2D eigenvalue weighted by molar-refractivity contribution is 0.280. The Hall–Kier alpha value is -0.930. The van der Waals surface area contributed by atoms with Crippen LogP contribution < -0.4 is 5.73 Å². The van der Waals surface area contributed by atoms with E-state index < -0.39 is 0 Å². The van der Waals surface area contributed by atoms with Crippen molar-refractivity contribution in [3.8, 4) is 0 Å². The number of benzene rings is 1. The molecule has 0 radical (unpaired) electrons. The summed E-state index contributed by atoms with van der Waals surface area (Å²) in [6.07, 6.45) is 1.33. The second kappa shape index (κ2) is 5.08. The zero-order valence-electron chi connectivity index (χ0n) is 8.33. The lowest BCUT2D eigenvalue weighted by Crippen LogP contribution is -2.12. The molecule has 0 aromatic heterocycles. The first kappa shape index (κ1) is 11.1. The third-order valence-electron chi connectivity index (χ3n) is 2.38. The van der Waals surface area contributed by atoms with E-state index in [0.717, 1.165) is 5.56 Å². The van der Waals surface area contributed by atoms with Crippen molar-refractivity contribution >= 4 is 0 Å². The summed E-state index contributed by atoms with van der Waals surface area (Å²) in [5.74, 6) is -0.220. The SMILES string of the molecule is Cc1c(F)cccc1[C@@H](N)CCCO. The van der Waals surface area contributed by atoms with E-state index in [9.17, 15) is 4.39 Å². The monoisotopic (exact) mass is 197 g/mol. The van der Waals surface area contributed by atoms with Gasteiger partial charge >= 0.3 is 0 Å². The van der Waals surface area contributed by atoms with E-state index in [1.165, 1.54) is 6.07 Å². The van der Waals surface area contributed by atoms with Gasteiger partial charge < -0.3 is 10.8 Å². The molecule has 78 valence electrons. The summed E-state index contributed by atoms with van der Waals surface area (Å²) in [6, 6.07) is 4.74. The Balaban J connectivity index is 2.79. The van der Waals surface area contributed by atoms with Crippen LogP contribution in [0, 0.1) is 12.7 Å². The fraction of sp³-hybridized carbons (Fsp3) is 0.455. The Morgan fingerprint density at radius 1 is 1.50 bits per heavy atom. The van der Waals surface area contributed by atoms with Crippen LogP contribution in [-0.4, -0.2) is 11.7 Å². The normalized spacial score (nSPS) is 12.9. The summed E-state index contributed by atoms with van der Waals surface area (Å²) in [4.78, 5) is 0. The molecule has 0 heterocycles. The molecule has 3 heteroatoms. The average Bonchev–Trinajstić information content (AvgIpc) is 2.18. The van der Waals surface area contributed by atoms with Crippen LogP contribution in [0.25, 0.3) is 0 Å². The first-order valence-corrected chi connectivity index (χ1v) is 4.78. The maximum Gasteiger partial charge on any atom is 0.126 e. The van der Waals surface area contributed by atoms with Crippen LogP contribution in [0.4, 0.5) is 4.39 Å². The van der Waals surface area contributed by atoms with Crippen molar-refractivity contribution in [2.45, 2.75) is 25.8 Å². The van der Waals surface area contributed by atoms with Crippen molar-refractivity contribution in [3.63, 3.8) is 0 Å². The predicted molar refractivity (Wildman–Crippen MR) is 54.4 cm³/mol. The van der Waals surface area contributed by atoms with Crippen molar-refractivity contribution in [2.24, 2.45) is 5.73 Å². The summed E-state index contributed by atoms with van der Waals surface area (Å²) >= 11 is 0. The smallest absolute Gasteiger partial charge is 0.126 e. The standard InChI is InChI=1S/C11H16FNO/c1-8-9(4-2-5-10(8)12)11(13)6-3-7-14/h2,4-5,11,14H,3,6-7,13H2,1H3/t11-/m0/s1. The topological polar surface area (TPSA) is 46.2 Å². The Morgan fingerprint density at radius 2 is 2.21 bits per heavy atom. The average molecular weight is 197 g/mol. The van der Waals surface area contributed by atoms with Crippen molar-refractivity contribution in [3.05, 3.63) is 35.1 Å². The Kier molecular flexibility index (Phi) is 4.04. The van der Waals surface area contributed by atoms with Gasteiger partial charge in [-0.15, -0.1) is 0 Å². The molecule has 0 unspecified atom stereocenters. The van der Waals surface area contributed by atoms with E-state index in [4.69, 9.17) is 10.8 Å². The van der Waals surface area contributed by atoms with E-state index in [1.54, 1.807) is 13.0 Å². The molecule has 0 fully saturated rings. The lowest BCUT2D eigenvalue weighted by Gasteiger charge is -2.14. The number of nitrogens with two attached hydrogens (primary N) is 1. The van der Waals surface area contributed by atoms with Crippen LogP contribution in [0.1, 0.15) is 30.0 Å². The molecule has 0 spiro atoms. The highest BCUT2D eigenvalue weighted by atomic mass is 19.1. The molecule has 0 aliphatic heterocycles. The van der Waals surface area contributed by atoms with E-state index in [-0.39, 0.29) is 18.5 Å². The molecule has 0 aliphatic rings. The molecule has 0 bridgehead atoms. The molecule has 0 saturated carbocycles. The number of aliphatic hydroxyl groups is 1. The molecule has 0 amide bonds. The minimum atomic E-state index is -0.220. The van der Waals surface area contributed by atoms with Crippen LogP contribution in [0.15, 0.2) is 18.2 Å². The van der Waals surface area contributed by atoms with Gasteiger partial charge in [-0.3, -0.25) is 0 Å². The van der Waals surface area contributed by atoms with Gasteiger partial charge in [-0.2, -0.15) is 0 Å². The molecule has 1 aromatic rings. The minimum absolute atomic E-state index is 0.127. The molecular weight excluding hydrogens is 181 g/mol. The van der Waals surface area contributed by atoms with Gasteiger partial charge in [-0.25, -0.2) is 4.39 Å². The molecular formula is C11H16FNO. The maximum atomic E-state index is 13.2. The molecule has 0 saturated heterocycles. The van der Waals surface area contributed by atoms with Gasteiger partial charge in [0.1, 0.15) is 5.82 Å². The zero-order valence-corrected chi connectivity index (χ0v) is 8.33. The van der Waals surface area contributed by atoms with E-state index in [2.05, 4.69) is 0 Å².